The number of halogens is 3. The summed E-state index contributed by atoms with van der Waals surface area (Å²) in [5.74, 6) is -1.26. The summed E-state index contributed by atoms with van der Waals surface area (Å²) < 4.78 is 38.1. The van der Waals surface area contributed by atoms with E-state index in [4.69, 9.17) is 0 Å². The van der Waals surface area contributed by atoms with Crippen molar-refractivity contribution in [2.75, 3.05) is 5.32 Å². The van der Waals surface area contributed by atoms with Crippen LogP contribution in [-0.2, 0) is 17.5 Å². The smallest absolute Gasteiger partial charge is 0.390 e. The molecule has 8 nitrogen and oxygen atoms in total. The van der Waals surface area contributed by atoms with Gasteiger partial charge in [-0.1, -0.05) is 4.98 Å². The molecule has 0 saturated carbocycles. The molecule has 22 heavy (non-hydrogen) atoms. The highest BCUT2D eigenvalue weighted by Crippen LogP contribution is 2.29. The zero-order chi connectivity index (χ0) is 16.3. The van der Waals surface area contributed by atoms with E-state index < -0.39 is 28.5 Å². The van der Waals surface area contributed by atoms with Gasteiger partial charge in [0.1, 0.15) is 6.54 Å². The van der Waals surface area contributed by atoms with Gasteiger partial charge in [0.15, 0.2) is 0 Å². The summed E-state index contributed by atoms with van der Waals surface area (Å²) in [7, 11) is 0. The first-order chi connectivity index (χ1) is 10.3. The Kier molecular flexibility index (Phi) is 4.06. The SMILES string of the molecule is O=C(Cn1cnc([N+](=O)[O-])n1)Nc1ccc(C(F)(F)F)cc1. The van der Waals surface area contributed by atoms with E-state index >= 15 is 0 Å². The minimum Gasteiger partial charge on any atom is -0.390 e. The summed E-state index contributed by atoms with van der Waals surface area (Å²) in [6.07, 6.45) is -3.45. The first-order valence-corrected chi connectivity index (χ1v) is 5.76. The molecule has 0 aliphatic rings. The molecule has 0 aliphatic carbocycles. The lowest BCUT2D eigenvalue weighted by Crippen LogP contribution is -2.19. The number of benzene rings is 1. The quantitative estimate of drug-likeness (QED) is 0.685. The maximum absolute atomic E-state index is 12.4. The van der Waals surface area contributed by atoms with Crippen LogP contribution in [0, 0.1) is 10.1 Å². The first kappa shape index (κ1) is 15.4. The van der Waals surface area contributed by atoms with E-state index in [0.717, 1.165) is 35.3 Å². The number of carbonyl (C=O) groups excluding carboxylic acids is 1. The highest BCUT2D eigenvalue weighted by molar-refractivity contribution is 5.90. The summed E-state index contributed by atoms with van der Waals surface area (Å²) in [4.78, 5) is 24.6. The van der Waals surface area contributed by atoms with Gasteiger partial charge < -0.3 is 15.4 Å². The van der Waals surface area contributed by atoms with Crippen molar-refractivity contribution in [2.45, 2.75) is 12.7 Å². The molecule has 0 unspecified atom stereocenters. The minimum absolute atomic E-state index is 0.160. The number of carbonyl (C=O) groups is 1. The molecular formula is C11H8F3N5O3. The average Bonchev–Trinajstić information content (AvgIpc) is 2.86. The Bertz CT molecular complexity index is 696. The van der Waals surface area contributed by atoms with Crippen molar-refractivity contribution in [2.24, 2.45) is 0 Å². The lowest BCUT2D eigenvalue weighted by molar-refractivity contribution is -0.394. The fraction of sp³-hybridized carbons (Fsp3) is 0.182. The molecule has 2 rings (SSSR count). The van der Waals surface area contributed by atoms with Crippen LogP contribution in [0.2, 0.25) is 0 Å². The van der Waals surface area contributed by atoms with Crippen LogP contribution in [0.3, 0.4) is 0 Å². The maximum Gasteiger partial charge on any atom is 0.490 e. The third-order valence-electron chi connectivity index (χ3n) is 2.49. The van der Waals surface area contributed by atoms with E-state index in [9.17, 15) is 28.1 Å². The molecule has 0 spiro atoms. The predicted molar refractivity (Wildman–Crippen MR) is 66.8 cm³/mol. The van der Waals surface area contributed by atoms with Crippen molar-refractivity contribution in [1.82, 2.24) is 14.8 Å². The molecule has 116 valence electrons. The Morgan fingerprint density at radius 1 is 1.32 bits per heavy atom. The first-order valence-electron chi connectivity index (χ1n) is 5.76. The van der Waals surface area contributed by atoms with E-state index in [0.29, 0.717) is 0 Å². The molecule has 0 saturated heterocycles. The molecule has 11 heteroatoms. The molecular weight excluding hydrogens is 307 g/mol. The zero-order valence-electron chi connectivity index (χ0n) is 10.7. The fourth-order valence-corrected chi connectivity index (χ4v) is 1.53. The number of nitro groups is 1. The molecule has 1 aromatic carbocycles. The fourth-order valence-electron chi connectivity index (χ4n) is 1.53. The van der Waals surface area contributed by atoms with Crippen molar-refractivity contribution in [3.05, 3.63) is 46.3 Å². The second-order valence-corrected chi connectivity index (χ2v) is 4.12. The van der Waals surface area contributed by atoms with Crippen LogP contribution in [0.25, 0.3) is 0 Å². The van der Waals surface area contributed by atoms with Crippen molar-refractivity contribution < 1.29 is 22.9 Å². The van der Waals surface area contributed by atoms with Crippen molar-refractivity contribution in [1.29, 1.82) is 0 Å². The monoisotopic (exact) mass is 315 g/mol. The van der Waals surface area contributed by atoms with Gasteiger partial charge in [0, 0.05) is 10.8 Å². The second-order valence-electron chi connectivity index (χ2n) is 4.12. The highest BCUT2D eigenvalue weighted by Gasteiger charge is 2.30. The Morgan fingerprint density at radius 3 is 2.45 bits per heavy atom. The standard InChI is InChI=1S/C11H8F3N5O3/c12-11(13,14)7-1-3-8(4-2-7)16-9(20)5-18-6-15-10(17-18)19(21)22/h1-4,6H,5H2,(H,16,20). The third kappa shape index (κ3) is 3.77. The molecule has 0 aliphatic heterocycles. The summed E-state index contributed by atoms with van der Waals surface area (Å²) in [5.41, 5.74) is -0.676. The van der Waals surface area contributed by atoms with Crippen LogP contribution >= 0.6 is 0 Å². The van der Waals surface area contributed by atoms with E-state index in [1.54, 1.807) is 0 Å². The Balaban J connectivity index is 1.98. The number of rotatable bonds is 4. The number of hydrogen-bond donors (Lipinski definition) is 1. The van der Waals surface area contributed by atoms with E-state index in [-0.39, 0.29) is 12.2 Å². The second kappa shape index (κ2) is 5.79. The molecule has 1 amide bonds. The summed E-state index contributed by atoms with van der Waals surface area (Å²) >= 11 is 0. The molecule has 0 atom stereocenters. The van der Waals surface area contributed by atoms with Crippen LogP contribution in [0.15, 0.2) is 30.6 Å². The lowest BCUT2D eigenvalue weighted by Gasteiger charge is -2.08. The number of nitrogens with one attached hydrogen (secondary N) is 1. The largest absolute Gasteiger partial charge is 0.490 e. The number of hydrogen-bond acceptors (Lipinski definition) is 5. The third-order valence-corrected chi connectivity index (χ3v) is 2.49. The summed E-state index contributed by atoms with van der Waals surface area (Å²) in [6, 6.07) is 3.86. The molecule has 1 aromatic heterocycles. The normalized spacial score (nSPS) is 11.2. The van der Waals surface area contributed by atoms with E-state index in [1.807, 2.05) is 0 Å². The number of alkyl halides is 3. The van der Waals surface area contributed by atoms with Crippen LogP contribution in [0.5, 0.6) is 0 Å². The van der Waals surface area contributed by atoms with Gasteiger partial charge in [0.2, 0.25) is 12.2 Å². The van der Waals surface area contributed by atoms with Gasteiger partial charge >= 0.3 is 12.1 Å². The van der Waals surface area contributed by atoms with Crippen molar-refractivity contribution in [3.8, 4) is 0 Å². The molecule has 0 fully saturated rings. The van der Waals surface area contributed by atoms with Gasteiger partial charge in [-0.05, 0) is 29.2 Å². The van der Waals surface area contributed by atoms with Gasteiger partial charge in [-0.3, -0.25) is 4.79 Å². The molecule has 1 heterocycles. The van der Waals surface area contributed by atoms with Crippen LogP contribution in [0.1, 0.15) is 5.56 Å². The van der Waals surface area contributed by atoms with Gasteiger partial charge in [-0.2, -0.15) is 17.9 Å². The molecule has 2 aromatic rings. The Hall–Kier alpha value is -2.98. The predicted octanol–water partition coefficient (Wildman–Crippen LogP) is 1.84. The van der Waals surface area contributed by atoms with Gasteiger partial charge in [0.05, 0.1) is 5.56 Å². The number of amides is 1. The number of anilines is 1. The van der Waals surface area contributed by atoms with Crippen LogP contribution in [-0.4, -0.2) is 25.6 Å². The molecule has 0 bridgehead atoms. The topological polar surface area (TPSA) is 103 Å². The highest BCUT2D eigenvalue weighted by atomic mass is 19.4. The average molecular weight is 315 g/mol. The van der Waals surface area contributed by atoms with Crippen molar-refractivity contribution in [3.63, 3.8) is 0 Å². The lowest BCUT2D eigenvalue weighted by atomic mass is 10.2. The maximum atomic E-state index is 12.4. The number of nitrogens with zero attached hydrogens (tertiary/aromatic N) is 4. The zero-order valence-corrected chi connectivity index (χ0v) is 10.7. The number of aromatic nitrogens is 3. The summed E-state index contributed by atoms with van der Waals surface area (Å²) in [5, 5.41) is 16.2. The van der Waals surface area contributed by atoms with Crippen molar-refractivity contribution >= 4 is 17.5 Å². The van der Waals surface area contributed by atoms with Crippen LogP contribution in [0.4, 0.5) is 24.8 Å². The van der Waals surface area contributed by atoms with Gasteiger partial charge in [-0.25, -0.2) is 0 Å². The van der Waals surface area contributed by atoms with E-state index in [1.165, 1.54) is 0 Å². The van der Waals surface area contributed by atoms with Gasteiger partial charge in [-0.15, -0.1) is 0 Å². The molecule has 0 radical (unpaired) electrons. The van der Waals surface area contributed by atoms with E-state index in [2.05, 4.69) is 15.4 Å². The van der Waals surface area contributed by atoms with Crippen LogP contribution < -0.4 is 5.32 Å². The van der Waals surface area contributed by atoms with Gasteiger partial charge in [0.25, 0.3) is 0 Å². The Morgan fingerprint density at radius 2 is 1.95 bits per heavy atom. The Labute approximate surface area is 120 Å². The molecule has 1 N–H and O–H groups in total. The minimum atomic E-state index is -4.46. The summed E-state index contributed by atoms with van der Waals surface area (Å²) in [6.45, 7) is -0.359.